The lowest BCUT2D eigenvalue weighted by atomic mass is 10.1. The van der Waals surface area contributed by atoms with E-state index < -0.39 is 24.9 Å². The third kappa shape index (κ3) is 3.90. The van der Waals surface area contributed by atoms with E-state index in [-0.39, 0.29) is 17.5 Å². The second kappa shape index (κ2) is 7.78. The van der Waals surface area contributed by atoms with Crippen molar-refractivity contribution in [3.05, 3.63) is 27.2 Å². The molecular formula is C12H18N4O7. The molecule has 0 aliphatic carbocycles. The van der Waals surface area contributed by atoms with Crippen LogP contribution in [0, 0.1) is 0 Å². The van der Waals surface area contributed by atoms with Crippen LogP contribution in [0.3, 0.4) is 0 Å². The molecule has 0 fully saturated rings. The van der Waals surface area contributed by atoms with E-state index >= 15 is 0 Å². The van der Waals surface area contributed by atoms with Gasteiger partial charge >= 0.3 is 5.69 Å². The third-order valence-corrected chi connectivity index (χ3v) is 3.10. The zero-order valence-corrected chi connectivity index (χ0v) is 12.4. The molecule has 0 spiro atoms. The second-order valence-electron chi connectivity index (χ2n) is 4.67. The maximum atomic E-state index is 11.4. The predicted molar refractivity (Wildman–Crippen MR) is 77.7 cm³/mol. The SMILES string of the molecule is Cn1c(=O)c2[nH]cnc2n(C)c1=O.O=CC(O)C(O)C(O)CO. The lowest BCUT2D eigenvalue weighted by Gasteiger charge is -2.16. The highest BCUT2D eigenvalue weighted by Crippen LogP contribution is 1.97. The Kier molecular flexibility index (Phi) is 6.33. The number of carbonyl (C=O) groups excluding carboxylic acids is 1. The number of carbonyl (C=O) groups is 1. The van der Waals surface area contributed by atoms with E-state index in [4.69, 9.17) is 20.4 Å². The summed E-state index contributed by atoms with van der Waals surface area (Å²) in [5, 5.41) is 34.1. The Balaban J connectivity index is 0.000000241. The molecule has 0 saturated carbocycles. The Hall–Kier alpha value is -2.34. The quantitative estimate of drug-likeness (QED) is 0.355. The number of fused-ring (bicyclic) bond motifs is 1. The zero-order valence-electron chi connectivity index (χ0n) is 12.4. The topological polar surface area (TPSA) is 171 Å². The van der Waals surface area contributed by atoms with Crippen molar-refractivity contribution in [3.8, 4) is 0 Å². The Morgan fingerprint density at radius 3 is 2.39 bits per heavy atom. The number of aryl methyl sites for hydroxylation is 1. The lowest BCUT2D eigenvalue weighted by Crippen LogP contribution is -2.40. The number of hydrogen-bond donors (Lipinski definition) is 5. The van der Waals surface area contributed by atoms with Crippen molar-refractivity contribution in [2.24, 2.45) is 14.1 Å². The average molecular weight is 330 g/mol. The van der Waals surface area contributed by atoms with Gasteiger partial charge in [0.05, 0.1) is 12.9 Å². The van der Waals surface area contributed by atoms with Gasteiger partial charge in [0.2, 0.25) is 0 Å². The van der Waals surface area contributed by atoms with E-state index in [2.05, 4.69) is 9.97 Å². The fourth-order valence-electron chi connectivity index (χ4n) is 1.69. The molecular weight excluding hydrogens is 312 g/mol. The van der Waals surface area contributed by atoms with Crippen LogP contribution in [0.4, 0.5) is 0 Å². The maximum absolute atomic E-state index is 11.4. The molecule has 2 heterocycles. The van der Waals surface area contributed by atoms with Crippen molar-refractivity contribution in [1.82, 2.24) is 19.1 Å². The van der Waals surface area contributed by atoms with Crippen molar-refractivity contribution in [2.45, 2.75) is 18.3 Å². The first-order valence-electron chi connectivity index (χ1n) is 6.45. The number of aldehydes is 1. The van der Waals surface area contributed by atoms with Crippen LogP contribution in [0.5, 0.6) is 0 Å². The minimum absolute atomic E-state index is 0.0869. The summed E-state index contributed by atoms with van der Waals surface area (Å²) in [6.07, 6.45) is -3.24. The molecule has 0 saturated heterocycles. The largest absolute Gasteiger partial charge is 0.394 e. The number of aliphatic hydroxyl groups is 4. The van der Waals surface area contributed by atoms with Crippen molar-refractivity contribution in [2.75, 3.05) is 6.61 Å². The van der Waals surface area contributed by atoms with E-state index in [0.717, 1.165) is 4.57 Å². The Bertz CT molecular complexity index is 778. The summed E-state index contributed by atoms with van der Waals surface area (Å²) >= 11 is 0. The van der Waals surface area contributed by atoms with Crippen molar-refractivity contribution < 1.29 is 25.2 Å². The first-order valence-corrected chi connectivity index (χ1v) is 6.45. The lowest BCUT2D eigenvalue weighted by molar-refractivity contribution is -0.127. The molecule has 0 amide bonds. The molecule has 128 valence electrons. The van der Waals surface area contributed by atoms with Gasteiger partial charge in [-0.2, -0.15) is 0 Å². The van der Waals surface area contributed by atoms with Crippen LogP contribution in [0.1, 0.15) is 0 Å². The number of hydrogen-bond acceptors (Lipinski definition) is 8. The van der Waals surface area contributed by atoms with Gasteiger partial charge in [-0.3, -0.25) is 13.9 Å². The highest BCUT2D eigenvalue weighted by Gasteiger charge is 2.22. The van der Waals surface area contributed by atoms with Crippen LogP contribution in [0.25, 0.3) is 11.2 Å². The van der Waals surface area contributed by atoms with Crippen LogP contribution in [0.2, 0.25) is 0 Å². The molecule has 0 aliphatic heterocycles. The molecule has 3 atom stereocenters. The number of nitrogens with zero attached hydrogens (tertiary/aromatic N) is 3. The van der Waals surface area contributed by atoms with Gasteiger partial charge in [0.25, 0.3) is 5.56 Å². The van der Waals surface area contributed by atoms with Crippen LogP contribution < -0.4 is 11.2 Å². The van der Waals surface area contributed by atoms with Gasteiger partial charge in [-0.1, -0.05) is 0 Å². The maximum Gasteiger partial charge on any atom is 0.332 e. The molecule has 0 bridgehead atoms. The number of imidazole rings is 1. The summed E-state index contributed by atoms with van der Waals surface area (Å²) in [4.78, 5) is 39.1. The number of H-pyrrole nitrogens is 1. The second-order valence-corrected chi connectivity index (χ2v) is 4.67. The summed E-state index contributed by atoms with van der Waals surface area (Å²) in [5.74, 6) is 0. The van der Waals surface area contributed by atoms with Crippen LogP contribution in [-0.2, 0) is 18.9 Å². The number of aromatic amines is 1. The van der Waals surface area contributed by atoms with E-state index in [0.29, 0.717) is 11.2 Å². The van der Waals surface area contributed by atoms with Gasteiger partial charge in [-0.25, -0.2) is 9.78 Å². The smallest absolute Gasteiger partial charge is 0.332 e. The molecule has 11 heteroatoms. The fraction of sp³-hybridized carbons (Fsp3) is 0.500. The number of rotatable bonds is 4. The summed E-state index contributed by atoms with van der Waals surface area (Å²) in [5.41, 5.74) is 0.0119. The number of nitrogens with one attached hydrogen (secondary N) is 1. The normalized spacial score (nSPS) is 14.7. The minimum Gasteiger partial charge on any atom is -0.394 e. The molecule has 0 radical (unpaired) electrons. The minimum atomic E-state index is -1.64. The zero-order chi connectivity index (χ0) is 17.7. The van der Waals surface area contributed by atoms with E-state index in [1.54, 1.807) is 7.05 Å². The summed E-state index contributed by atoms with van der Waals surface area (Å²) in [6.45, 7) is -0.688. The van der Waals surface area contributed by atoms with Gasteiger partial charge < -0.3 is 30.2 Å². The molecule has 3 unspecified atom stereocenters. The Morgan fingerprint density at radius 2 is 1.87 bits per heavy atom. The molecule has 23 heavy (non-hydrogen) atoms. The monoisotopic (exact) mass is 330 g/mol. The molecule has 0 aromatic carbocycles. The highest BCUT2D eigenvalue weighted by molar-refractivity contribution is 5.68. The van der Waals surface area contributed by atoms with Gasteiger partial charge in [-0.05, 0) is 0 Å². The number of aliphatic hydroxyl groups excluding tert-OH is 4. The molecule has 11 nitrogen and oxygen atoms in total. The Morgan fingerprint density at radius 1 is 1.26 bits per heavy atom. The number of aromatic nitrogens is 4. The van der Waals surface area contributed by atoms with Crippen LogP contribution >= 0.6 is 0 Å². The molecule has 2 rings (SSSR count). The summed E-state index contributed by atoms with van der Waals surface area (Å²) < 4.78 is 2.37. The third-order valence-electron chi connectivity index (χ3n) is 3.10. The van der Waals surface area contributed by atoms with E-state index in [9.17, 15) is 14.4 Å². The Labute approximate surface area is 129 Å². The predicted octanol–water partition coefficient (Wildman–Crippen LogP) is -3.78. The fourth-order valence-corrected chi connectivity index (χ4v) is 1.69. The van der Waals surface area contributed by atoms with Gasteiger partial charge in [0.1, 0.15) is 23.8 Å². The van der Waals surface area contributed by atoms with Gasteiger partial charge in [0, 0.05) is 14.1 Å². The van der Waals surface area contributed by atoms with Crippen LogP contribution in [0.15, 0.2) is 15.9 Å². The van der Waals surface area contributed by atoms with Crippen molar-refractivity contribution >= 4 is 17.5 Å². The molecule has 2 aromatic heterocycles. The molecule has 2 aromatic rings. The van der Waals surface area contributed by atoms with Crippen molar-refractivity contribution in [3.63, 3.8) is 0 Å². The van der Waals surface area contributed by atoms with Crippen molar-refractivity contribution in [1.29, 1.82) is 0 Å². The van der Waals surface area contributed by atoms with Gasteiger partial charge in [0.15, 0.2) is 11.9 Å². The first kappa shape index (κ1) is 18.7. The van der Waals surface area contributed by atoms with E-state index in [1.165, 1.54) is 17.9 Å². The average Bonchev–Trinajstić information content (AvgIpc) is 3.06. The summed E-state index contributed by atoms with van der Waals surface area (Å²) in [6, 6.07) is 0. The van der Waals surface area contributed by atoms with Gasteiger partial charge in [-0.15, -0.1) is 0 Å². The standard InChI is InChI=1S/C7H8N4O2.C5H10O5/c1-10-5-4(8-3-9-5)6(12)11(2)7(10)13;6-1-3(8)5(10)4(9)2-7/h3H,1-2H3,(H,8,9);1,3-5,7-10H,2H2. The summed E-state index contributed by atoms with van der Waals surface area (Å²) in [7, 11) is 3.01. The van der Waals surface area contributed by atoms with Crippen LogP contribution in [-0.4, -0.2) is 70.7 Å². The molecule has 5 N–H and O–H groups in total. The van der Waals surface area contributed by atoms with E-state index in [1.807, 2.05) is 0 Å². The molecule has 0 aliphatic rings. The highest BCUT2D eigenvalue weighted by atomic mass is 16.4. The first-order chi connectivity index (χ1) is 10.8.